The molecule has 0 spiro atoms. The molecular weight excluding hydrogens is 306 g/mol. The lowest BCUT2D eigenvalue weighted by molar-refractivity contribution is -0.385. The molecule has 0 aliphatic heterocycles. The minimum absolute atomic E-state index is 0.0493. The molecule has 22 heavy (non-hydrogen) atoms. The van der Waals surface area contributed by atoms with Crippen molar-refractivity contribution in [2.24, 2.45) is 5.92 Å². The number of Topliss-reactive ketones (excluding diaryl/α,β-unsaturated/α-hetero) is 3. The number of hydrogen-bond donors (Lipinski definition) is 0. The van der Waals surface area contributed by atoms with Gasteiger partial charge in [0, 0.05) is 11.6 Å². The Hall–Kier alpha value is -2.67. The maximum absolute atomic E-state index is 12.5. The molecule has 0 radical (unpaired) electrons. The van der Waals surface area contributed by atoms with Gasteiger partial charge < -0.3 is 0 Å². The Morgan fingerprint density at radius 3 is 2.55 bits per heavy atom. The fraction of sp³-hybridized carbons (Fsp3) is 0.133. The molecule has 3 rings (SSSR count). The number of aryl methyl sites for hydroxylation is 1. The standard InChI is InChI=1S/C15H9NO5S/c1-7-5-6-22-15(7)14(19)11-12(17)8-3-2-4-9(16(20)21)10(8)13(11)18/h2-6,11H,1H3. The van der Waals surface area contributed by atoms with Gasteiger partial charge in [0.15, 0.2) is 17.3 Å². The lowest BCUT2D eigenvalue weighted by atomic mass is 9.96. The third-order valence-electron chi connectivity index (χ3n) is 3.62. The first-order valence-electron chi connectivity index (χ1n) is 6.37. The van der Waals surface area contributed by atoms with E-state index in [4.69, 9.17) is 0 Å². The predicted octanol–water partition coefficient (Wildman–Crippen LogP) is 2.84. The molecule has 1 aromatic carbocycles. The van der Waals surface area contributed by atoms with Crippen LogP contribution in [0, 0.1) is 23.0 Å². The maximum Gasteiger partial charge on any atom is 0.280 e. The number of thiophene rings is 1. The Morgan fingerprint density at radius 1 is 1.23 bits per heavy atom. The van der Waals surface area contributed by atoms with Crippen molar-refractivity contribution in [1.29, 1.82) is 0 Å². The van der Waals surface area contributed by atoms with Crippen LogP contribution in [-0.4, -0.2) is 22.3 Å². The van der Waals surface area contributed by atoms with Gasteiger partial charge in [-0.3, -0.25) is 24.5 Å². The third-order valence-corrected chi connectivity index (χ3v) is 4.65. The van der Waals surface area contributed by atoms with Crippen molar-refractivity contribution in [3.63, 3.8) is 0 Å². The van der Waals surface area contributed by atoms with Gasteiger partial charge in [-0.15, -0.1) is 11.3 Å². The Balaban J connectivity index is 2.12. The molecule has 1 unspecified atom stereocenters. The fourth-order valence-electron chi connectivity index (χ4n) is 2.57. The van der Waals surface area contributed by atoms with E-state index in [1.165, 1.54) is 12.1 Å². The van der Waals surface area contributed by atoms with Crippen molar-refractivity contribution in [2.75, 3.05) is 0 Å². The zero-order valence-corrected chi connectivity index (χ0v) is 12.2. The summed E-state index contributed by atoms with van der Waals surface area (Å²) >= 11 is 1.15. The summed E-state index contributed by atoms with van der Waals surface area (Å²) in [5, 5.41) is 12.7. The van der Waals surface area contributed by atoms with Crippen molar-refractivity contribution in [3.05, 3.63) is 61.3 Å². The highest BCUT2D eigenvalue weighted by atomic mass is 32.1. The Morgan fingerprint density at radius 2 is 1.95 bits per heavy atom. The monoisotopic (exact) mass is 315 g/mol. The van der Waals surface area contributed by atoms with Gasteiger partial charge >= 0.3 is 0 Å². The van der Waals surface area contributed by atoms with Crippen LogP contribution in [0.3, 0.4) is 0 Å². The average molecular weight is 315 g/mol. The fourth-order valence-corrected chi connectivity index (χ4v) is 3.47. The zero-order chi connectivity index (χ0) is 16.0. The molecule has 0 bridgehead atoms. The number of benzene rings is 1. The minimum Gasteiger partial charge on any atom is -0.293 e. The molecule has 7 heteroatoms. The molecule has 0 fully saturated rings. The third kappa shape index (κ3) is 1.90. The summed E-state index contributed by atoms with van der Waals surface area (Å²) in [6, 6.07) is 5.56. The molecule has 1 atom stereocenters. The van der Waals surface area contributed by atoms with Gasteiger partial charge in [0.25, 0.3) is 5.69 Å². The molecule has 2 aromatic rings. The number of nitro groups is 1. The van der Waals surface area contributed by atoms with E-state index in [9.17, 15) is 24.5 Å². The molecule has 1 aliphatic carbocycles. The summed E-state index contributed by atoms with van der Waals surface area (Å²) in [4.78, 5) is 48.0. The first-order valence-corrected chi connectivity index (χ1v) is 7.25. The number of carbonyl (C=O) groups is 3. The van der Waals surface area contributed by atoms with Gasteiger partial charge in [0.1, 0.15) is 11.5 Å². The Bertz CT molecular complexity index is 851. The second-order valence-electron chi connectivity index (χ2n) is 4.92. The predicted molar refractivity (Wildman–Crippen MR) is 78.6 cm³/mol. The van der Waals surface area contributed by atoms with E-state index in [0.717, 1.165) is 17.4 Å². The van der Waals surface area contributed by atoms with Crippen LogP contribution in [0.1, 0.15) is 36.0 Å². The number of ketones is 3. The molecule has 6 nitrogen and oxygen atoms in total. The van der Waals surface area contributed by atoms with Gasteiger partial charge in [0.2, 0.25) is 0 Å². The van der Waals surface area contributed by atoms with E-state index in [2.05, 4.69) is 0 Å². The normalized spacial score (nSPS) is 16.7. The summed E-state index contributed by atoms with van der Waals surface area (Å²) in [6.45, 7) is 1.71. The van der Waals surface area contributed by atoms with Crippen molar-refractivity contribution >= 4 is 34.4 Å². The molecule has 0 saturated carbocycles. The number of rotatable bonds is 3. The lowest BCUT2D eigenvalue weighted by Crippen LogP contribution is -2.25. The van der Waals surface area contributed by atoms with Crippen molar-refractivity contribution in [3.8, 4) is 0 Å². The number of carbonyl (C=O) groups excluding carboxylic acids is 3. The van der Waals surface area contributed by atoms with Gasteiger partial charge in [-0.25, -0.2) is 0 Å². The summed E-state index contributed by atoms with van der Waals surface area (Å²) < 4.78 is 0. The van der Waals surface area contributed by atoms with Crippen LogP contribution < -0.4 is 0 Å². The van der Waals surface area contributed by atoms with Crippen LogP contribution in [0.15, 0.2) is 29.6 Å². The molecule has 1 heterocycles. The van der Waals surface area contributed by atoms with E-state index < -0.39 is 33.9 Å². The summed E-state index contributed by atoms with van der Waals surface area (Å²) in [7, 11) is 0. The first-order chi connectivity index (χ1) is 10.4. The van der Waals surface area contributed by atoms with E-state index in [1.807, 2.05) is 0 Å². The number of nitrogens with zero attached hydrogens (tertiary/aromatic N) is 1. The molecular formula is C15H9NO5S. The van der Waals surface area contributed by atoms with Crippen LogP contribution in [0.5, 0.6) is 0 Å². The highest BCUT2D eigenvalue weighted by Gasteiger charge is 2.47. The van der Waals surface area contributed by atoms with E-state index in [-0.39, 0.29) is 11.1 Å². The molecule has 110 valence electrons. The van der Waals surface area contributed by atoms with Crippen LogP contribution in [0.25, 0.3) is 0 Å². The van der Waals surface area contributed by atoms with Gasteiger partial charge in [-0.05, 0) is 23.9 Å². The molecule has 0 saturated heterocycles. The lowest BCUT2D eigenvalue weighted by Gasteiger charge is -2.04. The smallest absolute Gasteiger partial charge is 0.280 e. The number of hydrogen-bond acceptors (Lipinski definition) is 6. The highest BCUT2D eigenvalue weighted by molar-refractivity contribution is 7.12. The van der Waals surface area contributed by atoms with E-state index >= 15 is 0 Å². The van der Waals surface area contributed by atoms with Crippen LogP contribution >= 0.6 is 11.3 Å². The summed E-state index contributed by atoms with van der Waals surface area (Å²) in [6.07, 6.45) is 0. The summed E-state index contributed by atoms with van der Waals surface area (Å²) in [5.74, 6) is -3.55. The highest BCUT2D eigenvalue weighted by Crippen LogP contribution is 2.36. The van der Waals surface area contributed by atoms with Gasteiger partial charge in [0.05, 0.1) is 9.80 Å². The molecule has 1 aliphatic rings. The largest absolute Gasteiger partial charge is 0.293 e. The van der Waals surface area contributed by atoms with Crippen molar-refractivity contribution in [1.82, 2.24) is 0 Å². The zero-order valence-electron chi connectivity index (χ0n) is 11.4. The first kappa shape index (κ1) is 14.3. The SMILES string of the molecule is Cc1ccsc1C(=O)C1C(=O)c2cccc([N+](=O)[O-])c2C1=O. The average Bonchev–Trinajstić information content (AvgIpc) is 3.01. The topological polar surface area (TPSA) is 94.3 Å². The number of nitro benzene ring substituents is 1. The maximum atomic E-state index is 12.5. The Kier molecular flexibility index (Phi) is 3.22. The van der Waals surface area contributed by atoms with Crippen LogP contribution in [0.2, 0.25) is 0 Å². The minimum atomic E-state index is -1.51. The van der Waals surface area contributed by atoms with Crippen LogP contribution in [-0.2, 0) is 0 Å². The van der Waals surface area contributed by atoms with Crippen molar-refractivity contribution in [2.45, 2.75) is 6.92 Å². The van der Waals surface area contributed by atoms with E-state index in [1.54, 1.807) is 18.4 Å². The summed E-state index contributed by atoms with van der Waals surface area (Å²) in [5.41, 5.74) is -0.0630. The van der Waals surface area contributed by atoms with Gasteiger partial charge in [-0.2, -0.15) is 0 Å². The number of fused-ring (bicyclic) bond motifs is 1. The second kappa shape index (κ2) is 4.96. The quantitative estimate of drug-likeness (QED) is 0.376. The molecule has 0 N–H and O–H groups in total. The van der Waals surface area contributed by atoms with Crippen molar-refractivity contribution < 1.29 is 19.3 Å². The molecule has 1 aromatic heterocycles. The van der Waals surface area contributed by atoms with Crippen LogP contribution in [0.4, 0.5) is 5.69 Å². The second-order valence-corrected chi connectivity index (χ2v) is 5.83. The van der Waals surface area contributed by atoms with E-state index in [0.29, 0.717) is 10.4 Å². The molecule has 0 amide bonds. The van der Waals surface area contributed by atoms with Gasteiger partial charge in [-0.1, -0.05) is 12.1 Å². The Labute approximate surface area is 128 Å².